The molecular weight excluding hydrogens is 482 g/mol. The van der Waals surface area contributed by atoms with Crippen LogP contribution in [0.2, 0.25) is 0 Å². The molecule has 34 heavy (non-hydrogen) atoms. The smallest absolute Gasteiger partial charge is 0.416 e. The zero-order valence-corrected chi connectivity index (χ0v) is 17.6. The number of H-pyrrole nitrogens is 1. The second kappa shape index (κ2) is 8.83. The van der Waals surface area contributed by atoms with Gasteiger partial charge >= 0.3 is 12.4 Å². The molecule has 0 amide bonds. The van der Waals surface area contributed by atoms with E-state index in [0.717, 1.165) is 0 Å². The number of alkyl halides is 6. The number of thiophene rings is 1. The number of aromatic nitrogens is 3. The van der Waals surface area contributed by atoms with Crippen molar-refractivity contribution in [2.45, 2.75) is 19.0 Å². The fourth-order valence-corrected chi connectivity index (χ4v) is 4.17. The van der Waals surface area contributed by atoms with Gasteiger partial charge in [-0.25, -0.2) is 0 Å². The summed E-state index contributed by atoms with van der Waals surface area (Å²) in [5.74, 6) is 0.154. The van der Waals surface area contributed by atoms with Gasteiger partial charge in [0.25, 0.3) is 0 Å². The second-order valence-electron chi connectivity index (χ2n) is 6.98. The first kappa shape index (κ1) is 23.3. The summed E-state index contributed by atoms with van der Waals surface area (Å²) in [6.07, 6.45) is -9.64. The Morgan fingerprint density at radius 3 is 2.47 bits per heavy atom. The van der Waals surface area contributed by atoms with Crippen molar-refractivity contribution in [2.75, 3.05) is 0 Å². The fraction of sp³-hybridized carbons (Fsp3) is 0.136. The molecule has 4 rings (SSSR count). The highest BCUT2D eigenvalue weighted by Crippen LogP contribution is 2.39. The summed E-state index contributed by atoms with van der Waals surface area (Å²) in [6.45, 7) is -0.722. The summed E-state index contributed by atoms with van der Waals surface area (Å²) in [7, 11) is 0. The van der Waals surface area contributed by atoms with Gasteiger partial charge in [-0.05, 0) is 47.3 Å². The third-order valence-corrected chi connectivity index (χ3v) is 5.73. The van der Waals surface area contributed by atoms with Crippen LogP contribution in [-0.2, 0) is 19.0 Å². The largest absolute Gasteiger partial charge is 0.489 e. The average Bonchev–Trinajstić information content (AvgIpc) is 3.45. The van der Waals surface area contributed by atoms with Crippen LogP contribution in [0.1, 0.15) is 22.4 Å². The van der Waals surface area contributed by atoms with Crippen LogP contribution in [0.15, 0.2) is 53.9 Å². The van der Waals surface area contributed by atoms with Crippen LogP contribution in [0, 0.1) is 11.3 Å². The van der Waals surface area contributed by atoms with Gasteiger partial charge in [0.05, 0.1) is 16.0 Å². The quantitative estimate of drug-likeness (QED) is 0.314. The molecule has 0 aliphatic heterocycles. The maximum Gasteiger partial charge on any atom is 0.416 e. The third-order valence-electron chi connectivity index (χ3n) is 4.81. The molecule has 0 aliphatic carbocycles. The Kier molecular flexibility index (Phi) is 6.05. The number of nitriles is 1. The number of nitrogens with zero attached hydrogens (tertiary/aromatic N) is 3. The van der Waals surface area contributed by atoms with Gasteiger partial charge in [0.2, 0.25) is 0 Å². The molecule has 0 atom stereocenters. The van der Waals surface area contributed by atoms with Gasteiger partial charge in [0, 0.05) is 11.1 Å². The second-order valence-corrected chi connectivity index (χ2v) is 7.90. The van der Waals surface area contributed by atoms with Crippen molar-refractivity contribution in [1.82, 2.24) is 15.4 Å². The third kappa shape index (κ3) is 4.74. The Morgan fingerprint density at radius 1 is 0.971 bits per heavy atom. The molecule has 2 heterocycles. The van der Waals surface area contributed by atoms with Crippen LogP contribution in [0.3, 0.4) is 0 Å². The van der Waals surface area contributed by atoms with Gasteiger partial charge in [0.15, 0.2) is 5.69 Å². The van der Waals surface area contributed by atoms with Gasteiger partial charge in [0.1, 0.15) is 24.1 Å². The van der Waals surface area contributed by atoms with E-state index in [1.54, 1.807) is 29.6 Å². The van der Waals surface area contributed by atoms with Crippen molar-refractivity contribution < 1.29 is 31.1 Å². The van der Waals surface area contributed by atoms with E-state index in [1.165, 1.54) is 17.4 Å². The lowest BCUT2D eigenvalue weighted by atomic mass is 10.0. The lowest BCUT2D eigenvalue weighted by Crippen LogP contribution is -2.14. The van der Waals surface area contributed by atoms with Gasteiger partial charge in [-0.3, -0.25) is 0 Å². The molecule has 1 N–H and O–H groups in total. The summed E-state index contributed by atoms with van der Waals surface area (Å²) in [5.41, 5.74) is -1.30. The van der Waals surface area contributed by atoms with Crippen molar-refractivity contribution in [3.63, 3.8) is 0 Å². The zero-order valence-electron chi connectivity index (χ0n) is 16.8. The van der Waals surface area contributed by atoms with E-state index >= 15 is 0 Å². The molecule has 4 aromatic rings. The molecule has 0 unspecified atom stereocenters. The Morgan fingerprint density at radius 2 is 1.76 bits per heavy atom. The first-order chi connectivity index (χ1) is 16.1. The number of hydrogen-bond donors (Lipinski definition) is 1. The Balaban J connectivity index is 1.64. The maximum absolute atomic E-state index is 13.3. The first-order valence-electron chi connectivity index (χ1n) is 9.47. The van der Waals surface area contributed by atoms with E-state index in [2.05, 4.69) is 15.4 Å². The predicted molar refractivity (Wildman–Crippen MR) is 111 cm³/mol. The van der Waals surface area contributed by atoms with E-state index in [9.17, 15) is 31.6 Å². The fourth-order valence-electron chi connectivity index (χ4n) is 3.27. The summed E-state index contributed by atoms with van der Waals surface area (Å²) < 4.78 is 84.5. The number of halogens is 6. The maximum atomic E-state index is 13.3. The molecule has 5 nitrogen and oxygen atoms in total. The standard InChI is InChI=1S/C22H12F6N4OS/c23-21(24,25)14-4-5-17(22(26,27)28)13(8-14)11-33-15-3-1-2-12(9-15)16-6-7-34-20(16)19-18(10-29)30-32-31-19/h1-9H,11H2,(H,30,31,32). The summed E-state index contributed by atoms with van der Waals surface area (Å²) in [4.78, 5) is 0.639. The molecule has 2 aromatic carbocycles. The molecule has 0 aliphatic rings. The van der Waals surface area contributed by atoms with Crippen molar-refractivity contribution >= 4 is 11.3 Å². The van der Waals surface area contributed by atoms with E-state index in [4.69, 9.17) is 4.74 Å². The van der Waals surface area contributed by atoms with Crippen molar-refractivity contribution in [1.29, 1.82) is 5.26 Å². The van der Waals surface area contributed by atoms with Crippen molar-refractivity contribution in [3.05, 3.63) is 76.3 Å². The highest BCUT2D eigenvalue weighted by atomic mass is 32.1. The summed E-state index contributed by atoms with van der Waals surface area (Å²) in [5, 5.41) is 21.1. The van der Waals surface area contributed by atoms with Gasteiger partial charge in [-0.2, -0.15) is 41.9 Å². The number of rotatable bonds is 5. The van der Waals surface area contributed by atoms with E-state index in [0.29, 0.717) is 39.9 Å². The average molecular weight is 494 g/mol. The van der Waals surface area contributed by atoms with Crippen molar-refractivity contribution in [3.8, 4) is 33.5 Å². The zero-order chi connectivity index (χ0) is 24.5. The number of benzene rings is 2. The van der Waals surface area contributed by atoms with Crippen LogP contribution in [0.4, 0.5) is 26.3 Å². The van der Waals surface area contributed by atoms with Gasteiger partial charge in [-0.15, -0.1) is 16.4 Å². The molecule has 0 radical (unpaired) electrons. The molecule has 0 bridgehead atoms. The Hall–Kier alpha value is -3.85. The number of hydrogen-bond acceptors (Lipinski definition) is 5. The van der Waals surface area contributed by atoms with Crippen molar-refractivity contribution in [2.24, 2.45) is 0 Å². The van der Waals surface area contributed by atoms with E-state index < -0.39 is 35.6 Å². The Bertz CT molecular complexity index is 1370. The molecule has 0 saturated carbocycles. The van der Waals surface area contributed by atoms with Crippen LogP contribution < -0.4 is 4.74 Å². The normalized spacial score (nSPS) is 11.9. The molecule has 0 saturated heterocycles. The molecular formula is C22H12F6N4OS. The van der Waals surface area contributed by atoms with Crippen LogP contribution >= 0.6 is 11.3 Å². The minimum Gasteiger partial charge on any atom is -0.489 e. The Labute approximate surface area is 192 Å². The van der Waals surface area contributed by atoms with E-state index in [-0.39, 0.29) is 11.4 Å². The lowest BCUT2D eigenvalue weighted by Gasteiger charge is -2.16. The molecule has 0 fully saturated rings. The minimum absolute atomic E-state index is 0.0975. The first-order valence-corrected chi connectivity index (χ1v) is 10.3. The highest BCUT2D eigenvalue weighted by Gasteiger charge is 2.37. The highest BCUT2D eigenvalue weighted by molar-refractivity contribution is 7.14. The molecule has 0 spiro atoms. The molecule has 174 valence electrons. The van der Waals surface area contributed by atoms with E-state index in [1.807, 2.05) is 6.07 Å². The SMILES string of the molecule is N#Cc1n[nH]nc1-c1sccc1-c1cccc(OCc2cc(C(F)(F)F)ccc2C(F)(F)F)c1. The van der Waals surface area contributed by atoms with Gasteiger partial charge in [-0.1, -0.05) is 12.1 Å². The molecule has 12 heteroatoms. The number of ether oxygens (including phenoxy) is 1. The van der Waals surface area contributed by atoms with Crippen LogP contribution in [0.5, 0.6) is 5.75 Å². The minimum atomic E-state index is -4.84. The van der Waals surface area contributed by atoms with Crippen LogP contribution in [0.25, 0.3) is 21.7 Å². The number of nitrogens with one attached hydrogen (secondary N) is 1. The topological polar surface area (TPSA) is 74.6 Å². The lowest BCUT2D eigenvalue weighted by molar-refractivity contribution is -0.142. The summed E-state index contributed by atoms with van der Waals surface area (Å²) in [6, 6.07) is 11.3. The van der Waals surface area contributed by atoms with Crippen LogP contribution in [-0.4, -0.2) is 15.4 Å². The van der Waals surface area contributed by atoms with Gasteiger partial charge < -0.3 is 4.74 Å². The number of aromatic amines is 1. The monoisotopic (exact) mass is 494 g/mol. The molecule has 2 aromatic heterocycles. The summed E-state index contributed by atoms with van der Waals surface area (Å²) >= 11 is 1.31. The predicted octanol–water partition coefficient (Wildman–Crippen LogP) is 6.69.